The van der Waals surface area contributed by atoms with Gasteiger partial charge in [-0.3, -0.25) is 0 Å². The van der Waals surface area contributed by atoms with E-state index in [-0.39, 0.29) is 12.8 Å². The molecule has 0 aromatic heterocycles. The van der Waals surface area contributed by atoms with Gasteiger partial charge in [-0.2, -0.15) is 0 Å². The van der Waals surface area contributed by atoms with Crippen molar-refractivity contribution < 1.29 is 19.0 Å². The van der Waals surface area contributed by atoms with Gasteiger partial charge in [0.25, 0.3) is 0 Å². The van der Waals surface area contributed by atoms with Crippen molar-refractivity contribution in [3.05, 3.63) is 0 Å². The first kappa shape index (κ1) is 7.88. The van der Waals surface area contributed by atoms with Crippen LogP contribution in [-0.4, -0.2) is 21.9 Å². The zero-order chi connectivity index (χ0) is 7.83. The first-order valence-electron chi connectivity index (χ1n) is 3.24. The van der Waals surface area contributed by atoms with Crippen LogP contribution >= 0.6 is 0 Å². The van der Waals surface area contributed by atoms with Crippen LogP contribution in [0, 0.1) is 0 Å². The number of hydrogen-bond donors (Lipinski definition) is 2. The van der Waals surface area contributed by atoms with Crippen molar-refractivity contribution in [2.45, 2.75) is 37.4 Å². The molecule has 1 rings (SSSR count). The number of aliphatic hydroxyl groups is 2. The van der Waals surface area contributed by atoms with Crippen LogP contribution in [0.15, 0.2) is 0 Å². The summed E-state index contributed by atoms with van der Waals surface area (Å²) in [6, 6.07) is 0. The lowest BCUT2D eigenvalue weighted by Crippen LogP contribution is -2.38. The Kier molecular flexibility index (Phi) is 1.68. The molecule has 0 heterocycles. The number of halogens is 2. The molecule has 0 amide bonds. The van der Waals surface area contributed by atoms with Crippen molar-refractivity contribution in [2.75, 3.05) is 0 Å². The van der Waals surface area contributed by atoms with Crippen LogP contribution in [0.3, 0.4) is 0 Å². The van der Waals surface area contributed by atoms with Gasteiger partial charge in [0, 0.05) is 25.7 Å². The molecule has 4 heteroatoms. The number of rotatable bonds is 0. The van der Waals surface area contributed by atoms with Crippen LogP contribution < -0.4 is 0 Å². The van der Waals surface area contributed by atoms with E-state index in [1.165, 1.54) is 0 Å². The molecular weight excluding hydrogens is 142 g/mol. The Morgan fingerprint density at radius 1 is 0.900 bits per heavy atom. The largest absolute Gasteiger partial charge is 0.366 e. The predicted octanol–water partition coefficient (Wildman–Crippen LogP) is 0.877. The van der Waals surface area contributed by atoms with E-state index in [2.05, 4.69) is 0 Å². The Balaban J connectivity index is 2.46. The van der Waals surface area contributed by atoms with Gasteiger partial charge < -0.3 is 10.2 Å². The van der Waals surface area contributed by atoms with Gasteiger partial charge in [-0.05, 0) is 0 Å². The highest BCUT2D eigenvalue weighted by atomic mass is 19.3. The maximum absolute atomic E-state index is 12.3. The lowest BCUT2D eigenvalue weighted by atomic mass is 9.91. The Hall–Kier alpha value is -0.220. The van der Waals surface area contributed by atoms with Crippen LogP contribution in [0.1, 0.15) is 25.7 Å². The molecule has 2 nitrogen and oxygen atoms in total. The first-order valence-corrected chi connectivity index (χ1v) is 3.24. The van der Waals surface area contributed by atoms with Gasteiger partial charge in [-0.25, -0.2) is 8.78 Å². The normalized spacial score (nSPS) is 30.0. The first-order chi connectivity index (χ1) is 4.41. The van der Waals surface area contributed by atoms with E-state index >= 15 is 0 Å². The van der Waals surface area contributed by atoms with Gasteiger partial charge in [0.1, 0.15) is 0 Å². The second-order valence-electron chi connectivity index (χ2n) is 2.84. The van der Waals surface area contributed by atoms with E-state index in [1.54, 1.807) is 0 Å². The van der Waals surface area contributed by atoms with Crippen molar-refractivity contribution in [2.24, 2.45) is 0 Å². The standard InChI is InChI=1S/C6H10F2O2/c7-5(8)1-3-6(9,10)4-2-5/h9-10H,1-4H2. The van der Waals surface area contributed by atoms with Gasteiger partial charge in [0.15, 0.2) is 5.79 Å². The Morgan fingerprint density at radius 2 is 1.30 bits per heavy atom. The molecule has 0 unspecified atom stereocenters. The topological polar surface area (TPSA) is 40.5 Å². The molecule has 1 aliphatic rings. The molecule has 0 aromatic carbocycles. The highest BCUT2D eigenvalue weighted by molar-refractivity contribution is 4.80. The zero-order valence-electron chi connectivity index (χ0n) is 5.48. The fraction of sp³-hybridized carbons (Fsp3) is 1.00. The fourth-order valence-electron chi connectivity index (χ4n) is 1.02. The summed E-state index contributed by atoms with van der Waals surface area (Å²) in [4.78, 5) is 0. The van der Waals surface area contributed by atoms with E-state index in [0.717, 1.165) is 0 Å². The average molecular weight is 152 g/mol. The summed E-state index contributed by atoms with van der Waals surface area (Å²) in [5.74, 6) is -4.53. The summed E-state index contributed by atoms with van der Waals surface area (Å²) >= 11 is 0. The molecule has 0 atom stereocenters. The van der Waals surface area contributed by atoms with Crippen LogP contribution in [0.25, 0.3) is 0 Å². The molecule has 0 radical (unpaired) electrons. The molecule has 10 heavy (non-hydrogen) atoms. The molecule has 1 fully saturated rings. The van der Waals surface area contributed by atoms with Crippen LogP contribution in [-0.2, 0) is 0 Å². The molecule has 60 valence electrons. The summed E-state index contributed by atoms with van der Waals surface area (Å²) in [5, 5.41) is 17.7. The summed E-state index contributed by atoms with van der Waals surface area (Å²) in [5.41, 5.74) is 0. The van der Waals surface area contributed by atoms with Gasteiger partial charge in [0.2, 0.25) is 5.92 Å². The molecule has 2 N–H and O–H groups in total. The summed E-state index contributed by atoms with van der Waals surface area (Å²) in [6.07, 6.45) is -1.28. The average Bonchev–Trinajstić information content (AvgIpc) is 1.79. The highest BCUT2D eigenvalue weighted by Crippen LogP contribution is 2.36. The molecule has 0 bridgehead atoms. The summed E-state index contributed by atoms with van der Waals surface area (Å²) in [6.45, 7) is 0. The summed E-state index contributed by atoms with van der Waals surface area (Å²) in [7, 11) is 0. The van der Waals surface area contributed by atoms with Crippen molar-refractivity contribution in [3.63, 3.8) is 0 Å². The molecule has 1 aliphatic carbocycles. The predicted molar refractivity (Wildman–Crippen MR) is 30.6 cm³/mol. The van der Waals surface area contributed by atoms with Crippen LogP contribution in [0.5, 0.6) is 0 Å². The van der Waals surface area contributed by atoms with Crippen molar-refractivity contribution >= 4 is 0 Å². The smallest absolute Gasteiger partial charge is 0.248 e. The minimum absolute atomic E-state index is 0.222. The van der Waals surface area contributed by atoms with Crippen LogP contribution in [0.2, 0.25) is 0 Å². The van der Waals surface area contributed by atoms with Crippen molar-refractivity contribution in [1.82, 2.24) is 0 Å². The molecule has 0 saturated heterocycles. The second-order valence-corrected chi connectivity index (χ2v) is 2.84. The molecular formula is C6H10F2O2. The molecule has 0 aliphatic heterocycles. The maximum Gasteiger partial charge on any atom is 0.248 e. The minimum Gasteiger partial charge on any atom is -0.366 e. The van der Waals surface area contributed by atoms with Gasteiger partial charge in [0.05, 0.1) is 0 Å². The lowest BCUT2D eigenvalue weighted by molar-refractivity contribution is -0.213. The third-order valence-corrected chi connectivity index (χ3v) is 1.78. The third kappa shape index (κ3) is 1.88. The van der Waals surface area contributed by atoms with E-state index in [0.29, 0.717) is 0 Å². The van der Waals surface area contributed by atoms with Crippen LogP contribution in [0.4, 0.5) is 8.78 Å². The highest BCUT2D eigenvalue weighted by Gasteiger charge is 2.40. The number of alkyl halides is 2. The SMILES string of the molecule is OC1(O)CCC(F)(F)CC1. The van der Waals surface area contributed by atoms with E-state index in [1.807, 2.05) is 0 Å². The van der Waals surface area contributed by atoms with Crippen molar-refractivity contribution in [1.29, 1.82) is 0 Å². The monoisotopic (exact) mass is 152 g/mol. The van der Waals surface area contributed by atoms with Gasteiger partial charge in [-0.1, -0.05) is 0 Å². The minimum atomic E-state index is -2.69. The molecule has 0 spiro atoms. The second kappa shape index (κ2) is 2.13. The molecule has 0 aromatic rings. The fourth-order valence-corrected chi connectivity index (χ4v) is 1.02. The lowest BCUT2D eigenvalue weighted by Gasteiger charge is -2.31. The van der Waals surface area contributed by atoms with Crippen molar-refractivity contribution in [3.8, 4) is 0 Å². The zero-order valence-corrected chi connectivity index (χ0v) is 5.48. The molecule has 1 saturated carbocycles. The van der Waals surface area contributed by atoms with Gasteiger partial charge in [-0.15, -0.1) is 0 Å². The summed E-state index contributed by atoms with van der Waals surface area (Å²) < 4.78 is 24.7. The Bertz CT molecular complexity index is 106. The van der Waals surface area contributed by atoms with E-state index in [9.17, 15) is 8.78 Å². The Morgan fingerprint density at radius 3 is 1.60 bits per heavy atom. The van der Waals surface area contributed by atoms with E-state index in [4.69, 9.17) is 10.2 Å². The Labute approximate surface area is 57.5 Å². The maximum atomic E-state index is 12.3. The quantitative estimate of drug-likeness (QED) is 0.506. The number of hydrogen-bond acceptors (Lipinski definition) is 2. The third-order valence-electron chi connectivity index (χ3n) is 1.78. The van der Waals surface area contributed by atoms with E-state index < -0.39 is 24.6 Å². The van der Waals surface area contributed by atoms with Gasteiger partial charge >= 0.3 is 0 Å².